The van der Waals surface area contributed by atoms with Crippen LogP contribution in [0.15, 0.2) is 23.6 Å². The first kappa shape index (κ1) is 14.0. The Kier molecular flexibility index (Phi) is 4.50. The molecular weight excluding hydrogens is 276 g/mol. The first-order chi connectivity index (χ1) is 9.04. The Morgan fingerprint density at radius 1 is 1.32 bits per heavy atom. The number of ether oxygens (including phenoxy) is 1. The molecule has 2 N–H and O–H groups in total. The standard InChI is InChI=1S/C14H16N2OS2/c1-9-5-10(2)7-11(6-9)17-4-3-13-16-12(8-19-13)14(15)18/h5-8H,3-4H2,1-2H3,(H2,15,18). The molecule has 0 amide bonds. The van der Waals surface area contributed by atoms with Gasteiger partial charge in [-0.1, -0.05) is 18.3 Å². The molecule has 3 nitrogen and oxygen atoms in total. The second kappa shape index (κ2) is 6.12. The summed E-state index contributed by atoms with van der Waals surface area (Å²) >= 11 is 6.44. The fraction of sp³-hybridized carbons (Fsp3) is 0.286. The van der Waals surface area contributed by atoms with Gasteiger partial charge in [0.25, 0.3) is 0 Å². The maximum atomic E-state index is 5.74. The highest BCUT2D eigenvalue weighted by atomic mass is 32.1. The van der Waals surface area contributed by atoms with Gasteiger partial charge in [0.2, 0.25) is 0 Å². The Morgan fingerprint density at radius 3 is 2.58 bits per heavy atom. The van der Waals surface area contributed by atoms with Crippen molar-refractivity contribution >= 4 is 28.5 Å². The molecule has 0 saturated carbocycles. The van der Waals surface area contributed by atoms with Crippen LogP contribution in [0.25, 0.3) is 0 Å². The first-order valence-corrected chi connectivity index (χ1v) is 7.28. The summed E-state index contributed by atoms with van der Waals surface area (Å²) in [6.45, 7) is 4.73. The molecule has 1 aromatic carbocycles. The molecular formula is C14H16N2OS2. The van der Waals surface area contributed by atoms with Crippen LogP contribution in [0.1, 0.15) is 21.8 Å². The van der Waals surface area contributed by atoms with Gasteiger partial charge < -0.3 is 10.5 Å². The molecule has 0 atom stereocenters. The number of rotatable bonds is 5. The van der Waals surface area contributed by atoms with Gasteiger partial charge in [-0.15, -0.1) is 11.3 Å². The molecule has 0 radical (unpaired) electrons. The molecule has 0 bridgehead atoms. The molecule has 0 aliphatic carbocycles. The number of thiocarbonyl (C=S) groups is 1. The predicted octanol–water partition coefficient (Wildman–Crippen LogP) is 3.02. The minimum Gasteiger partial charge on any atom is -0.493 e. The third-order valence-electron chi connectivity index (χ3n) is 2.58. The zero-order valence-electron chi connectivity index (χ0n) is 11.0. The van der Waals surface area contributed by atoms with Gasteiger partial charge in [-0.05, 0) is 37.1 Å². The van der Waals surface area contributed by atoms with E-state index in [0.29, 0.717) is 17.3 Å². The molecule has 1 heterocycles. The smallest absolute Gasteiger partial charge is 0.123 e. The first-order valence-electron chi connectivity index (χ1n) is 6.00. The van der Waals surface area contributed by atoms with E-state index in [0.717, 1.165) is 17.2 Å². The summed E-state index contributed by atoms with van der Waals surface area (Å²) < 4.78 is 5.74. The third-order valence-corrected chi connectivity index (χ3v) is 3.70. The zero-order chi connectivity index (χ0) is 13.8. The van der Waals surface area contributed by atoms with E-state index in [9.17, 15) is 0 Å². The second-order valence-corrected chi connectivity index (χ2v) is 5.80. The van der Waals surface area contributed by atoms with Gasteiger partial charge in [0, 0.05) is 11.8 Å². The van der Waals surface area contributed by atoms with E-state index in [1.54, 1.807) is 11.3 Å². The number of benzene rings is 1. The number of hydrogen-bond donors (Lipinski definition) is 1. The Balaban J connectivity index is 1.90. The number of nitrogens with zero attached hydrogens (tertiary/aromatic N) is 1. The molecule has 100 valence electrons. The number of aromatic nitrogens is 1. The van der Waals surface area contributed by atoms with E-state index in [4.69, 9.17) is 22.7 Å². The highest BCUT2D eigenvalue weighted by Crippen LogP contribution is 2.17. The highest BCUT2D eigenvalue weighted by Gasteiger charge is 2.04. The maximum absolute atomic E-state index is 5.74. The molecule has 2 rings (SSSR count). The van der Waals surface area contributed by atoms with Gasteiger partial charge in [0.15, 0.2) is 0 Å². The lowest BCUT2D eigenvalue weighted by Gasteiger charge is -2.07. The molecule has 0 aliphatic rings. The van der Waals surface area contributed by atoms with Gasteiger partial charge in [-0.25, -0.2) is 4.98 Å². The Labute approximate surface area is 122 Å². The van der Waals surface area contributed by atoms with Crippen LogP contribution in [0, 0.1) is 13.8 Å². The molecule has 0 aliphatic heterocycles. The lowest BCUT2D eigenvalue weighted by atomic mass is 10.1. The van der Waals surface area contributed by atoms with Crippen molar-refractivity contribution < 1.29 is 4.74 Å². The maximum Gasteiger partial charge on any atom is 0.123 e. The lowest BCUT2D eigenvalue weighted by molar-refractivity contribution is 0.321. The monoisotopic (exact) mass is 292 g/mol. The SMILES string of the molecule is Cc1cc(C)cc(OCCc2nc(C(N)=S)cs2)c1. The van der Waals surface area contributed by atoms with Crippen molar-refractivity contribution in [2.45, 2.75) is 20.3 Å². The molecule has 0 spiro atoms. The summed E-state index contributed by atoms with van der Waals surface area (Å²) in [6.07, 6.45) is 0.764. The van der Waals surface area contributed by atoms with Crippen molar-refractivity contribution in [2.75, 3.05) is 6.61 Å². The van der Waals surface area contributed by atoms with Crippen molar-refractivity contribution in [2.24, 2.45) is 5.73 Å². The van der Waals surface area contributed by atoms with Gasteiger partial charge >= 0.3 is 0 Å². The largest absolute Gasteiger partial charge is 0.493 e. The van der Waals surface area contributed by atoms with Crippen LogP contribution in [-0.2, 0) is 6.42 Å². The summed E-state index contributed by atoms with van der Waals surface area (Å²) in [5, 5.41) is 2.88. The van der Waals surface area contributed by atoms with E-state index in [1.807, 2.05) is 17.5 Å². The Morgan fingerprint density at radius 2 is 2.00 bits per heavy atom. The van der Waals surface area contributed by atoms with E-state index in [-0.39, 0.29) is 0 Å². The van der Waals surface area contributed by atoms with Gasteiger partial charge in [0.1, 0.15) is 16.4 Å². The Hall–Kier alpha value is -1.46. The number of nitrogens with two attached hydrogens (primary N) is 1. The quantitative estimate of drug-likeness (QED) is 0.861. The summed E-state index contributed by atoms with van der Waals surface area (Å²) in [6, 6.07) is 6.20. The predicted molar refractivity (Wildman–Crippen MR) is 83.1 cm³/mol. The third kappa shape index (κ3) is 4.01. The highest BCUT2D eigenvalue weighted by molar-refractivity contribution is 7.80. The fourth-order valence-corrected chi connectivity index (χ4v) is 2.77. The van der Waals surface area contributed by atoms with E-state index < -0.39 is 0 Å². The Bertz CT molecular complexity index is 573. The number of hydrogen-bond acceptors (Lipinski definition) is 4. The molecule has 1 aromatic heterocycles. The molecule has 0 saturated heterocycles. The average Bonchev–Trinajstić information content (AvgIpc) is 2.76. The van der Waals surface area contributed by atoms with Crippen LogP contribution in [0.2, 0.25) is 0 Å². The van der Waals surface area contributed by atoms with Gasteiger partial charge in [0.05, 0.1) is 11.6 Å². The second-order valence-electron chi connectivity index (χ2n) is 4.41. The lowest BCUT2D eigenvalue weighted by Crippen LogP contribution is -2.10. The normalized spacial score (nSPS) is 10.4. The summed E-state index contributed by atoms with van der Waals surface area (Å²) in [5.41, 5.74) is 8.64. The molecule has 2 aromatic rings. The van der Waals surface area contributed by atoms with Crippen LogP contribution in [0.3, 0.4) is 0 Å². The van der Waals surface area contributed by atoms with Crippen LogP contribution >= 0.6 is 23.6 Å². The van der Waals surface area contributed by atoms with Crippen molar-refractivity contribution in [3.63, 3.8) is 0 Å². The van der Waals surface area contributed by atoms with Crippen LogP contribution in [-0.4, -0.2) is 16.6 Å². The number of aryl methyl sites for hydroxylation is 2. The minimum atomic E-state index is 0.345. The van der Waals surface area contributed by atoms with E-state index >= 15 is 0 Å². The molecule has 19 heavy (non-hydrogen) atoms. The van der Waals surface area contributed by atoms with E-state index in [1.165, 1.54) is 11.1 Å². The van der Waals surface area contributed by atoms with Gasteiger partial charge in [-0.2, -0.15) is 0 Å². The fourth-order valence-electron chi connectivity index (χ4n) is 1.81. The topological polar surface area (TPSA) is 48.1 Å². The molecule has 0 unspecified atom stereocenters. The minimum absolute atomic E-state index is 0.345. The molecule has 5 heteroatoms. The van der Waals surface area contributed by atoms with Gasteiger partial charge in [-0.3, -0.25) is 0 Å². The van der Waals surface area contributed by atoms with Crippen molar-refractivity contribution in [3.05, 3.63) is 45.4 Å². The number of thiazole rings is 1. The zero-order valence-corrected chi connectivity index (χ0v) is 12.6. The average molecular weight is 292 g/mol. The van der Waals surface area contributed by atoms with Crippen molar-refractivity contribution in [1.82, 2.24) is 4.98 Å². The summed E-state index contributed by atoms with van der Waals surface area (Å²) in [5.74, 6) is 0.906. The van der Waals surface area contributed by atoms with Crippen molar-refractivity contribution in [3.8, 4) is 5.75 Å². The molecule has 0 fully saturated rings. The van der Waals surface area contributed by atoms with Crippen LogP contribution < -0.4 is 10.5 Å². The summed E-state index contributed by atoms with van der Waals surface area (Å²) in [4.78, 5) is 4.69. The van der Waals surface area contributed by atoms with Crippen LogP contribution in [0.5, 0.6) is 5.75 Å². The van der Waals surface area contributed by atoms with E-state index in [2.05, 4.69) is 24.9 Å². The van der Waals surface area contributed by atoms with Crippen molar-refractivity contribution in [1.29, 1.82) is 0 Å². The van der Waals surface area contributed by atoms with Crippen LogP contribution in [0.4, 0.5) is 0 Å². The summed E-state index contributed by atoms with van der Waals surface area (Å²) in [7, 11) is 0.